The summed E-state index contributed by atoms with van der Waals surface area (Å²) in [5.74, 6) is -0.818. The number of ether oxygens (including phenoxy) is 1. The number of carbonyl (C=O) groups is 1. The fraction of sp³-hybridized carbons (Fsp3) is 0.500. The van der Waals surface area contributed by atoms with Crippen molar-refractivity contribution >= 4 is 38.4 Å². The molecule has 1 aliphatic rings. The van der Waals surface area contributed by atoms with Gasteiger partial charge in [0.05, 0.1) is 12.0 Å². The summed E-state index contributed by atoms with van der Waals surface area (Å²) in [6, 6.07) is 8.19. The standard InChI is InChI=1S/C14H17IO4S/c1-19-13(16)14(9-5-6-11(14)10-15)20(17,18)12-7-3-2-4-8-12/h2-4,7-8,11H,5-6,9-10H2,1H3/t11-,14+/m1/s1. The molecule has 1 aromatic carbocycles. The van der Waals surface area contributed by atoms with Gasteiger partial charge in [-0.3, -0.25) is 4.79 Å². The van der Waals surface area contributed by atoms with Gasteiger partial charge >= 0.3 is 5.97 Å². The number of esters is 1. The molecule has 1 saturated carbocycles. The Bertz CT molecular complexity index is 584. The average molecular weight is 408 g/mol. The first kappa shape index (κ1) is 15.8. The van der Waals surface area contributed by atoms with E-state index in [-0.39, 0.29) is 10.8 Å². The van der Waals surface area contributed by atoms with Crippen LogP contribution >= 0.6 is 22.6 Å². The van der Waals surface area contributed by atoms with Gasteiger partial charge in [-0.25, -0.2) is 8.42 Å². The Morgan fingerprint density at radius 1 is 1.40 bits per heavy atom. The number of sulfone groups is 1. The Balaban J connectivity index is 2.61. The highest BCUT2D eigenvalue weighted by Crippen LogP contribution is 2.46. The molecule has 2 atom stereocenters. The van der Waals surface area contributed by atoms with E-state index in [1.807, 2.05) is 0 Å². The molecule has 20 heavy (non-hydrogen) atoms. The van der Waals surface area contributed by atoms with Crippen molar-refractivity contribution in [2.45, 2.75) is 28.9 Å². The summed E-state index contributed by atoms with van der Waals surface area (Å²) in [5.41, 5.74) is 0. The van der Waals surface area contributed by atoms with Crippen LogP contribution in [0.1, 0.15) is 19.3 Å². The van der Waals surface area contributed by atoms with Crippen LogP contribution < -0.4 is 0 Å². The summed E-state index contributed by atoms with van der Waals surface area (Å²) in [6.07, 6.45) is 1.81. The summed E-state index contributed by atoms with van der Waals surface area (Å²) < 4.78 is 30.1. The molecule has 0 N–H and O–H groups in total. The van der Waals surface area contributed by atoms with Crippen LogP contribution in [0.15, 0.2) is 35.2 Å². The van der Waals surface area contributed by atoms with Crippen molar-refractivity contribution in [2.24, 2.45) is 5.92 Å². The van der Waals surface area contributed by atoms with Crippen molar-refractivity contribution < 1.29 is 17.9 Å². The van der Waals surface area contributed by atoms with Gasteiger partial charge < -0.3 is 4.74 Å². The molecule has 1 aliphatic carbocycles. The molecule has 2 rings (SSSR count). The Hall–Kier alpha value is -0.630. The van der Waals surface area contributed by atoms with Crippen LogP contribution in [0.2, 0.25) is 0 Å². The van der Waals surface area contributed by atoms with E-state index in [9.17, 15) is 13.2 Å². The molecule has 0 radical (unpaired) electrons. The number of methoxy groups -OCH3 is 1. The molecule has 0 heterocycles. The molecule has 6 heteroatoms. The van der Waals surface area contributed by atoms with Gasteiger partial charge in [0.25, 0.3) is 0 Å². The third-order valence-corrected chi connectivity index (χ3v) is 7.63. The third kappa shape index (κ3) is 2.26. The molecule has 0 aliphatic heterocycles. The molecule has 0 bridgehead atoms. The van der Waals surface area contributed by atoms with Crippen molar-refractivity contribution in [1.29, 1.82) is 0 Å². The predicted octanol–water partition coefficient (Wildman–Crippen LogP) is 2.61. The minimum absolute atomic E-state index is 0.194. The van der Waals surface area contributed by atoms with Gasteiger partial charge in [0.15, 0.2) is 14.6 Å². The van der Waals surface area contributed by atoms with E-state index in [4.69, 9.17) is 4.74 Å². The summed E-state index contributed by atoms with van der Waals surface area (Å²) in [4.78, 5) is 12.5. The smallest absolute Gasteiger partial charge is 0.327 e. The number of alkyl halides is 1. The lowest BCUT2D eigenvalue weighted by Gasteiger charge is -2.31. The molecule has 0 unspecified atom stereocenters. The van der Waals surface area contributed by atoms with E-state index in [0.717, 1.165) is 12.8 Å². The van der Waals surface area contributed by atoms with Gasteiger partial charge in [-0.15, -0.1) is 0 Å². The molecule has 0 saturated heterocycles. The first-order valence-electron chi connectivity index (χ1n) is 6.44. The van der Waals surface area contributed by atoms with Gasteiger partial charge in [-0.2, -0.15) is 0 Å². The van der Waals surface area contributed by atoms with E-state index in [1.54, 1.807) is 30.3 Å². The second-order valence-electron chi connectivity index (χ2n) is 4.94. The minimum Gasteiger partial charge on any atom is -0.468 e. The highest BCUT2D eigenvalue weighted by atomic mass is 127. The van der Waals surface area contributed by atoms with Crippen molar-refractivity contribution in [1.82, 2.24) is 0 Å². The molecule has 0 spiro atoms. The summed E-state index contributed by atoms with van der Waals surface area (Å²) in [6.45, 7) is 0. The van der Waals surface area contributed by atoms with Gasteiger partial charge in [-0.1, -0.05) is 47.2 Å². The van der Waals surface area contributed by atoms with Crippen LogP contribution in [0.5, 0.6) is 0 Å². The lowest BCUT2D eigenvalue weighted by atomic mass is 9.97. The van der Waals surface area contributed by atoms with E-state index < -0.39 is 20.6 Å². The van der Waals surface area contributed by atoms with Gasteiger partial charge in [-0.05, 0) is 30.9 Å². The van der Waals surface area contributed by atoms with Crippen LogP contribution in [-0.2, 0) is 19.4 Å². The number of halogens is 1. The maximum atomic E-state index is 13.0. The SMILES string of the molecule is COC(=O)[C@]1(S(=O)(=O)c2ccccc2)CCC[C@@H]1CI. The number of hydrogen-bond acceptors (Lipinski definition) is 4. The van der Waals surface area contributed by atoms with E-state index in [0.29, 0.717) is 10.8 Å². The molecule has 4 nitrogen and oxygen atoms in total. The first-order chi connectivity index (χ1) is 9.50. The van der Waals surface area contributed by atoms with E-state index in [1.165, 1.54) is 7.11 Å². The highest BCUT2D eigenvalue weighted by Gasteiger charge is 2.59. The number of rotatable bonds is 4. The molecule has 0 aromatic heterocycles. The van der Waals surface area contributed by atoms with Crippen LogP contribution in [0.4, 0.5) is 0 Å². The topological polar surface area (TPSA) is 60.4 Å². The maximum absolute atomic E-state index is 13.0. The fourth-order valence-corrected chi connectivity index (χ4v) is 6.75. The van der Waals surface area contributed by atoms with Crippen LogP contribution in [0.3, 0.4) is 0 Å². The lowest BCUT2D eigenvalue weighted by molar-refractivity contribution is -0.144. The zero-order valence-corrected chi connectivity index (χ0v) is 14.2. The van der Waals surface area contributed by atoms with Crippen LogP contribution in [0.25, 0.3) is 0 Å². The summed E-state index contributed by atoms with van der Waals surface area (Å²) >= 11 is 2.15. The number of benzene rings is 1. The van der Waals surface area contributed by atoms with Crippen LogP contribution in [0, 0.1) is 5.92 Å². The van der Waals surface area contributed by atoms with Crippen molar-refractivity contribution in [3.8, 4) is 0 Å². The monoisotopic (exact) mass is 408 g/mol. The van der Waals surface area contributed by atoms with Crippen molar-refractivity contribution in [3.63, 3.8) is 0 Å². The molecule has 0 amide bonds. The van der Waals surface area contributed by atoms with E-state index in [2.05, 4.69) is 22.6 Å². The molecule has 110 valence electrons. The minimum atomic E-state index is -3.75. The van der Waals surface area contributed by atoms with Crippen molar-refractivity contribution in [2.75, 3.05) is 11.5 Å². The Morgan fingerprint density at radius 2 is 2.05 bits per heavy atom. The maximum Gasteiger partial charge on any atom is 0.327 e. The Morgan fingerprint density at radius 3 is 2.60 bits per heavy atom. The van der Waals surface area contributed by atoms with Crippen LogP contribution in [-0.4, -0.2) is 30.7 Å². The predicted molar refractivity (Wildman–Crippen MR) is 84.6 cm³/mol. The Kier molecular flexibility index (Phi) is 4.73. The summed E-state index contributed by atoms with van der Waals surface area (Å²) in [7, 11) is -2.50. The normalized spacial score (nSPS) is 26.4. The first-order valence-corrected chi connectivity index (χ1v) is 9.45. The molecule has 1 fully saturated rings. The summed E-state index contributed by atoms with van der Waals surface area (Å²) in [5, 5.41) is 0. The molecule has 1 aromatic rings. The second-order valence-corrected chi connectivity index (χ2v) is 8.03. The van der Waals surface area contributed by atoms with E-state index >= 15 is 0 Å². The average Bonchev–Trinajstić information content (AvgIpc) is 2.92. The van der Waals surface area contributed by atoms with Crippen molar-refractivity contribution in [3.05, 3.63) is 30.3 Å². The molecular weight excluding hydrogens is 391 g/mol. The highest BCUT2D eigenvalue weighted by molar-refractivity contribution is 14.1. The zero-order chi connectivity index (χ0) is 14.8. The number of carbonyl (C=O) groups excluding carboxylic acids is 1. The van der Waals surface area contributed by atoms with Gasteiger partial charge in [0.1, 0.15) is 0 Å². The third-order valence-electron chi connectivity index (χ3n) is 4.01. The van der Waals surface area contributed by atoms with Gasteiger partial charge in [0.2, 0.25) is 0 Å². The second kappa shape index (κ2) is 6.01. The quantitative estimate of drug-likeness (QED) is 0.437. The number of hydrogen-bond donors (Lipinski definition) is 0. The largest absolute Gasteiger partial charge is 0.468 e. The zero-order valence-electron chi connectivity index (χ0n) is 11.2. The Labute approximate surface area is 133 Å². The molecular formula is C14H17IO4S. The fourth-order valence-electron chi connectivity index (χ4n) is 2.97. The van der Waals surface area contributed by atoms with Gasteiger partial charge in [0, 0.05) is 4.43 Å². The lowest BCUT2D eigenvalue weighted by Crippen LogP contribution is -2.50.